The molecule has 0 atom stereocenters. The van der Waals surface area contributed by atoms with Crippen molar-refractivity contribution in [2.24, 2.45) is 0 Å². The first kappa shape index (κ1) is 98.3. The molecule has 0 fully saturated rings. The van der Waals surface area contributed by atoms with Gasteiger partial charge in [-0.2, -0.15) is 180 Å². The SMILES string of the molecule is [C-]#[N+]C([N+]#[C-])=C1Cc2c(C#N)c3c(c(C#N)c2=C1c1c(F)c(F)nc(F)c1F)CC(=C(C#N)C#N)C=3c1c(F)c(F)nc(F)c1F.[C-]#[N+]C([N+]#[C-])=C1Cc2c(C(F)(F)F)c3c(c(C(F)(F)F)c2=C1c1c(F)c(F)nc(F)c1F)CC(=C(C#N)C#N)C=3c1c(F)c(F)nc(F)c1F.[C-]#[N+]C([N+]#[C-])=C1Cc2c(F)c3c(c(F)c2=C1c1c(F)c(F)nc(F)c1F)CC(=C(C#N)C#N)C=3c1c(F)c(F)nc(F)c1F. The first-order valence-electron chi connectivity index (χ1n) is 36.4. The number of aromatic nitrogens is 6. The summed E-state index contributed by atoms with van der Waals surface area (Å²) in [5.74, 6) is -62.0. The summed E-state index contributed by atoms with van der Waals surface area (Å²) in [6, 6.07) is 11.0. The molecule has 9 aromatic rings. The Morgan fingerprint density at radius 1 is 0.221 bits per heavy atom. The van der Waals surface area contributed by atoms with Gasteiger partial charge in [-0.15, -0.1) is 0 Å². The second-order valence-electron chi connectivity index (χ2n) is 28.3. The fourth-order valence-electron chi connectivity index (χ4n) is 16.6. The Kier molecular flexibility index (Phi) is 25.3. The zero-order chi connectivity index (χ0) is 103. The number of pyridine rings is 6. The molecule has 0 radical (unpaired) electrons. The maximum Gasteiger partial charge on any atom is 0.523 e. The van der Waals surface area contributed by atoms with Crippen LogP contribution in [0.15, 0.2) is 67.6 Å². The van der Waals surface area contributed by atoms with Gasteiger partial charge in [-0.25, -0.2) is 61.5 Å². The highest BCUT2D eigenvalue weighted by atomic mass is 19.4. The third kappa shape index (κ3) is 14.9. The van der Waals surface area contributed by atoms with Gasteiger partial charge in [0.1, 0.15) is 116 Å². The summed E-state index contributed by atoms with van der Waals surface area (Å²) >= 11 is 0. The average molecular weight is 1960 g/mol. The molecule has 0 unspecified atom stereocenters. The monoisotopic (exact) mass is 1960 g/mol. The van der Waals surface area contributed by atoms with Gasteiger partial charge in [-0.1, -0.05) is 0 Å². The molecule has 52 heteroatoms. The number of allylic oxidation sites excluding steroid dienone is 9. The van der Waals surface area contributed by atoms with Gasteiger partial charge in [0.05, 0.1) is 72.4 Å². The van der Waals surface area contributed by atoms with E-state index in [1.165, 1.54) is 24.3 Å². The lowest BCUT2D eigenvalue weighted by Gasteiger charge is -2.20. The summed E-state index contributed by atoms with van der Waals surface area (Å²) in [7, 11) is 0. The Labute approximate surface area is 752 Å². The lowest BCUT2D eigenvalue weighted by Crippen LogP contribution is -2.36. The van der Waals surface area contributed by atoms with Crippen molar-refractivity contribution in [3.63, 3.8) is 0 Å². The molecule has 0 bridgehead atoms. The minimum Gasteiger partial charge on any atom is -0.206 e. The lowest BCUT2D eigenvalue weighted by atomic mass is 9.90. The smallest absolute Gasteiger partial charge is 0.206 e. The molecule has 688 valence electrons. The third-order valence-corrected chi connectivity index (χ3v) is 21.7. The van der Waals surface area contributed by atoms with E-state index < -0.39 is 425 Å². The van der Waals surface area contributed by atoms with Crippen molar-refractivity contribution in [2.45, 2.75) is 50.9 Å². The second kappa shape index (κ2) is 36.0. The zero-order valence-electron chi connectivity index (χ0n) is 66.3. The number of nitriles is 8. The van der Waals surface area contributed by atoms with Crippen LogP contribution in [0.25, 0.3) is 62.5 Å². The highest BCUT2D eigenvalue weighted by Gasteiger charge is 2.52. The van der Waals surface area contributed by atoms with Crippen molar-refractivity contribution in [1.82, 2.24) is 29.9 Å². The minimum atomic E-state index is -6.02. The molecule has 6 aliphatic rings. The molecule has 0 saturated carbocycles. The van der Waals surface area contributed by atoms with Gasteiger partial charge >= 0.3 is 29.8 Å². The van der Waals surface area contributed by atoms with E-state index in [0.29, 0.717) is 0 Å². The largest absolute Gasteiger partial charge is 0.523 e. The molecular weight excluding hydrogens is 1950 g/mol. The van der Waals surface area contributed by atoms with E-state index in [1.807, 2.05) is 0 Å². The topological polar surface area (TPSA) is 294 Å². The van der Waals surface area contributed by atoms with Crippen molar-refractivity contribution in [3.8, 4) is 48.6 Å². The van der Waals surface area contributed by atoms with Crippen molar-refractivity contribution in [3.05, 3.63) is 409 Å². The molecule has 3 aromatic carbocycles. The Morgan fingerprint density at radius 2 is 0.386 bits per heavy atom. The van der Waals surface area contributed by atoms with Crippen molar-refractivity contribution >= 4 is 33.4 Å². The number of nitrogens with zero attached hydrogens (tertiary/aromatic N) is 20. The fraction of sp³-hybridized carbons (Fsp3) is 0.0909. The van der Waals surface area contributed by atoms with Crippen LogP contribution < -0.4 is 31.3 Å². The number of halogens is 32. The van der Waals surface area contributed by atoms with Crippen LogP contribution in [-0.4, -0.2) is 29.9 Å². The van der Waals surface area contributed by atoms with Gasteiger partial charge in [-0.3, -0.25) is 0 Å². The molecule has 0 N–H and O–H groups in total. The van der Waals surface area contributed by atoms with E-state index in [2.05, 4.69) is 59.0 Å². The summed E-state index contributed by atoms with van der Waals surface area (Å²) in [5, 5.41) is 70.3. The normalized spacial score (nSPS) is 13.3. The standard InChI is InChI=1S/C30H4F14N6.C30H4F8N8.C28H4F10N6/c1-47-28(48-2)11-4-10-15(13(11)17-22(33)26(37)50-27(38)23(17)34)18(29(39,40)41)9-3-8(7(5-45)6-46)12(14(9)19(10)30(42,43)44)16-20(31)24(35)49-25(36)21(16)32;1-43-30(44-2)13-4-12-15(8-42)16-11(14(7-41)17(12)19(13)21-24(33)28(37)46-29(38)25(21)34)3-10(9(5-39)6-40)18(16)20-22(31)26(35)45-27(36)23(20)32;1-41-28(42-2)11-4-10-15(13(11)17-22(33)26(37)44-27(38)23(17)34)18(29)9-3-8(7(5-39)6-40)12(14(9)19(10)30)16-20(31)24(35)43-25(36)21(16)32/h3-4H2;3-4H2;3-4H2. The Hall–Kier alpha value is -19.2. The van der Waals surface area contributed by atoms with Crippen LogP contribution in [0.5, 0.6) is 0 Å². The molecule has 20 nitrogen and oxygen atoms in total. The number of fused-ring (bicyclic) bond motifs is 6. The predicted molar refractivity (Wildman–Crippen MR) is 394 cm³/mol. The van der Waals surface area contributed by atoms with Crippen LogP contribution in [-0.2, 0) is 50.9 Å². The van der Waals surface area contributed by atoms with Crippen LogP contribution in [0.1, 0.15) is 89.0 Å². The van der Waals surface area contributed by atoms with Gasteiger partial charge in [0.2, 0.25) is 0 Å². The van der Waals surface area contributed by atoms with Gasteiger partial charge in [0, 0.05) is 74.4 Å². The van der Waals surface area contributed by atoms with Crippen LogP contribution in [0.2, 0.25) is 0 Å². The number of hydrogen-bond donors (Lipinski definition) is 0. The van der Waals surface area contributed by atoms with Crippen LogP contribution in [0.4, 0.5) is 140 Å². The van der Waals surface area contributed by atoms with Crippen molar-refractivity contribution < 1.29 is 140 Å². The molecule has 15 rings (SSSR count). The van der Waals surface area contributed by atoms with Gasteiger partial charge < -0.3 is 0 Å². The number of hydrogen-bond acceptors (Lipinski definition) is 14. The van der Waals surface area contributed by atoms with E-state index in [9.17, 15) is 112 Å². The van der Waals surface area contributed by atoms with Crippen molar-refractivity contribution in [1.29, 1.82) is 42.1 Å². The quantitative estimate of drug-likeness (QED) is 0.0647. The Bertz CT molecular complexity index is 8080. The van der Waals surface area contributed by atoms with E-state index >= 15 is 70.2 Å². The predicted octanol–water partition coefficient (Wildman–Crippen LogP) is 15.5. The molecule has 6 aliphatic carbocycles. The zero-order valence-corrected chi connectivity index (χ0v) is 66.3. The third-order valence-electron chi connectivity index (χ3n) is 21.7. The highest BCUT2D eigenvalue weighted by Crippen LogP contribution is 2.50. The van der Waals surface area contributed by atoms with E-state index in [1.54, 1.807) is 12.1 Å². The summed E-state index contributed by atoms with van der Waals surface area (Å²) in [5.41, 5.74) is -39.6. The Morgan fingerprint density at radius 3 is 0.593 bits per heavy atom. The molecule has 6 aromatic heterocycles. The number of alkyl halides is 6. The molecule has 0 spiro atoms. The number of benzene rings is 3. The maximum atomic E-state index is 16.4. The second-order valence-corrected chi connectivity index (χ2v) is 28.3. The van der Waals surface area contributed by atoms with E-state index in [-0.39, 0.29) is 0 Å². The van der Waals surface area contributed by atoms with Crippen LogP contribution >= 0.6 is 0 Å². The minimum absolute atomic E-state index is 0.450. The van der Waals surface area contributed by atoms with Gasteiger partial charge in [-0.05, 0) is 79.0 Å². The van der Waals surface area contributed by atoms with E-state index in [4.69, 9.17) is 39.4 Å². The summed E-state index contributed by atoms with van der Waals surface area (Å²) < 4.78 is 476. The average Bonchev–Trinajstić information content (AvgIpc) is 1.56. The molecule has 0 saturated heterocycles. The number of rotatable bonds is 6. The highest BCUT2D eigenvalue weighted by molar-refractivity contribution is 5.95. The molecule has 140 heavy (non-hydrogen) atoms. The van der Waals surface area contributed by atoms with Gasteiger partial charge in [0.25, 0.3) is 71.4 Å². The van der Waals surface area contributed by atoms with E-state index in [0.717, 1.165) is 12.1 Å². The molecule has 0 aliphatic heterocycles. The lowest BCUT2D eigenvalue weighted by molar-refractivity contribution is -0.143. The fourth-order valence-corrected chi connectivity index (χ4v) is 16.6. The summed E-state index contributed by atoms with van der Waals surface area (Å²) in [6.45, 7) is 43.7. The first-order chi connectivity index (χ1) is 66.0. The molecule has 0 amide bonds. The molecular formula is C88H12F32N20. The maximum absolute atomic E-state index is 16.4. The Balaban J connectivity index is 0.000000177. The summed E-state index contributed by atoms with van der Waals surface area (Å²) in [6.07, 6.45) is -19.2. The van der Waals surface area contributed by atoms with Crippen molar-refractivity contribution in [2.75, 3.05) is 0 Å². The van der Waals surface area contributed by atoms with Crippen LogP contribution in [0, 0.1) is 283 Å². The van der Waals surface area contributed by atoms with Gasteiger partial charge in [0.15, 0.2) is 69.8 Å². The summed E-state index contributed by atoms with van der Waals surface area (Å²) in [4.78, 5) is 31.1. The first-order valence-corrected chi connectivity index (χ1v) is 36.4. The molecule has 6 heterocycles. The van der Waals surface area contributed by atoms with Crippen LogP contribution in [0.3, 0.4) is 0 Å².